The summed E-state index contributed by atoms with van der Waals surface area (Å²) in [5, 5.41) is 14.4. The van der Waals surface area contributed by atoms with Crippen LogP contribution in [0.3, 0.4) is 0 Å². The van der Waals surface area contributed by atoms with Gasteiger partial charge in [-0.15, -0.1) is 0 Å². The first-order valence-corrected chi connectivity index (χ1v) is 15.5. The van der Waals surface area contributed by atoms with Gasteiger partial charge in [-0.3, -0.25) is 0 Å². The molecule has 2 aromatic heterocycles. The van der Waals surface area contributed by atoms with E-state index in [1.165, 1.54) is 32.9 Å². The highest BCUT2D eigenvalue weighted by molar-refractivity contribution is 6.12. The van der Waals surface area contributed by atoms with Crippen LogP contribution in [0.2, 0.25) is 0 Å². The lowest BCUT2D eigenvalue weighted by Crippen LogP contribution is -2.03. The molecule has 0 radical (unpaired) electrons. The molecule has 0 spiro atoms. The van der Waals surface area contributed by atoms with Crippen molar-refractivity contribution in [1.82, 2.24) is 9.13 Å². The van der Waals surface area contributed by atoms with Crippen LogP contribution in [-0.4, -0.2) is 9.13 Å². The molecule has 7 aromatic carbocycles. The normalized spacial score (nSPS) is 11.5. The van der Waals surface area contributed by atoms with Gasteiger partial charge in [-0.2, -0.15) is 5.26 Å². The summed E-state index contributed by atoms with van der Waals surface area (Å²) in [6.45, 7) is 0. The molecule has 0 aliphatic heterocycles. The average molecular weight is 586 g/mol. The third-order valence-electron chi connectivity index (χ3n) is 9.16. The molecule has 0 saturated carbocycles. The molecule has 9 rings (SSSR count). The van der Waals surface area contributed by atoms with E-state index in [1.807, 2.05) is 12.1 Å². The van der Waals surface area contributed by atoms with E-state index in [0.29, 0.717) is 5.56 Å². The third kappa shape index (κ3) is 3.84. The fourth-order valence-electron chi connectivity index (χ4n) is 7.21. The van der Waals surface area contributed by atoms with Gasteiger partial charge in [0, 0.05) is 38.2 Å². The largest absolute Gasteiger partial charge is 0.309 e. The number of fused-ring (bicyclic) bond motifs is 6. The number of para-hydroxylation sites is 5. The molecule has 0 unspecified atom stereocenters. The molecule has 0 atom stereocenters. The Morgan fingerprint density at radius 3 is 1.61 bits per heavy atom. The second kappa shape index (κ2) is 10.4. The van der Waals surface area contributed by atoms with Gasteiger partial charge in [0.1, 0.15) is 0 Å². The maximum Gasteiger partial charge on any atom is 0.0991 e. The van der Waals surface area contributed by atoms with Crippen LogP contribution in [0.25, 0.3) is 77.2 Å². The highest BCUT2D eigenvalue weighted by Gasteiger charge is 2.22. The number of hydrogen-bond donors (Lipinski definition) is 0. The maximum absolute atomic E-state index is 9.72. The van der Waals surface area contributed by atoms with Crippen molar-refractivity contribution in [2.24, 2.45) is 0 Å². The third-order valence-corrected chi connectivity index (χ3v) is 9.16. The fraction of sp³-hybridized carbons (Fsp3) is 0. The molecule has 0 saturated heterocycles. The maximum atomic E-state index is 9.72. The Kier molecular flexibility index (Phi) is 5.88. The summed E-state index contributed by atoms with van der Waals surface area (Å²) in [7, 11) is 0. The first kappa shape index (κ1) is 26.1. The molecule has 0 bridgehead atoms. The predicted molar refractivity (Wildman–Crippen MR) is 191 cm³/mol. The van der Waals surface area contributed by atoms with Crippen LogP contribution in [0, 0.1) is 11.3 Å². The second-order valence-electron chi connectivity index (χ2n) is 11.7. The summed E-state index contributed by atoms with van der Waals surface area (Å²) in [6.07, 6.45) is 0. The van der Waals surface area contributed by atoms with Crippen LogP contribution in [0.15, 0.2) is 164 Å². The Morgan fingerprint density at radius 2 is 0.913 bits per heavy atom. The molecule has 0 N–H and O–H groups in total. The Balaban J connectivity index is 1.43. The first-order valence-electron chi connectivity index (χ1n) is 15.5. The quantitative estimate of drug-likeness (QED) is 0.202. The van der Waals surface area contributed by atoms with E-state index in [4.69, 9.17) is 0 Å². The number of hydrogen-bond acceptors (Lipinski definition) is 1. The van der Waals surface area contributed by atoms with Crippen LogP contribution in [0.4, 0.5) is 0 Å². The zero-order chi connectivity index (χ0) is 30.6. The van der Waals surface area contributed by atoms with Gasteiger partial charge >= 0.3 is 0 Å². The van der Waals surface area contributed by atoms with E-state index < -0.39 is 0 Å². The Labute approximate surface area is 266 Å². The van der Waals surface area contributed by atoms with E-state index in [0.717, 1.165) is 44.3 Å². The summed E-state index contributed by atoms with van der Waals surface area (Å²) in [4.78, 5) is 0. The number of benzene rings is 7. The minimum absolute atomic E-state index is 0.660. The molecule has 214 valence electrons. The first-order chi connectivity index (χ1) is 22.8. The molecule has 0 aliphatic rings. The molecule has 0 fully saturated rings. The van der Waals surface area contributed by atoms with Gasteiger partial charge in [0.25, 0.3) is 0 Å². The lowest BCUT2D eigenvalue weighted by Gasteiger charge is -2.21. The number of nitrogens with zero attached hydrogens (tertiary/aromatic N) is 3. The van der Waals surface area contributed by atoms with Crippen molar-refractivity contribution < 1.29 is 0 Å². The minimum Gasteiger partial charge on any atom is -0.309 e. The van der Waals surface area contributed by atoms with Crippen molar-refractivity contribution in [3.63, 3.8) is 0 Å². The summed E-state index contributed by atoms with van der Waals surface area (Å²) in [5.41, 5.74) is 12.0. The lowest BCUT2D eigenvalue weighted by molar-refractivity contribution is 1.16. The summed E-state index contributed by atoms with van der Waals surface area (Å²) < 4.78 is 4.80. The predicted octanol–water partition coefficient (Wildman–Crippen LogP) is 11.1. The summed E-state index contributed by atoms with van der Waals surface area (Å²) in [5.74, 6) is 0. The molecular weight excluding hydrogens is 558 g/mol. The Morgan fingerprint density at radius 1 is 0.391 bits per heavy atom. The van der Waals surface area contributed by atoms with Gasteiger partial charge in [-0.05, 0) is 48.0 Å². The van der Waals surface area contributed by atoms with Crippen molar-refractivity contribution in [3.8, 4) is 39.7 Å². The molecule has 3 heteroatoms. The summed E-state index contributed by atoms with van der Waals surface area (Å²) >= 11 is 0. The molecule has 2 heterocycles. The second-order valence-corrected chi connectivity index (χ2v) is 11.7. The number of nitriles is 1. The SMILES string of the molecule is N#Cc1ccc2c(c1)c1ccccc1n2-c1ccccc1-c1cccc(-c2ccccc2)c1-n1c2ccccc2c2ccccc21. The van der Waals surface area contributed by atoms with Crippen molar-refractivity contribution in [2.45, 2.75) is 0 Å². The van der Waals surface area contributed by atoms with Crippen molar-refractivity contribution in [3.05, 3.63) is 169 Å². The average Bonchev–Trinajstić information content (AvgIpc) is 3.64. The zero-order valence-electron chi connectivity index (χ0n) is 24.9. The van der Waals surface area contributed by atoms with E-state index in [1.54, 1.807) is 0 Å². The van der Waals surface area contributed by atoms with Crippen molar-refractivity contribution in [1.29, 1.82) is 5.26 Å². The monoisotopic (exact) mass is 585 g/mol. The highest BCUT2D eigenvalue weighted by atomic mass is 15.0. The minimum atomic E-state index is 0.660. The van der Waals surface area contributed by atoms with E-state index in [2.05, 4.69) is 167 Å². The van der Waals surface area contributed by atoms with Gasteiger partial charge < -0.3 is 9.13 Å². The molecule has 3 nitrogen and oxygen atoms in total. The van der Waals surface area contributed by atoms with Crippen molar-refractivity contribution >= 4 is 43.6 Å². The standard InChI is InChI=1S/C43H27N3/c44-28-29-25-26-42-37(27-29)35-18-7-9-22-39(35)45(42)38-21-8-6-17-34(38)36-20-12-19-31(30-13-2-1-3-14-30)43(36)46-40-23-10-4-15-32(40)33-16-5-11-24-41(33)46/h1-27H. The Bertz CT molecular complexity index is 2600. The van der Waals surface area contributed by atoms with E-state index in [-0.39, 0.29) is 0 Å². The fourth-order valence-corrected chi connectivity index (χ4v) is 7.21. The van der Waals surface area contributed by atoms with Crippen LogP contribution in [0.1, 0.15) is 5.56 Å². The van der Waals surface area contributed by atoms with Crippen LogP contribution < -0.4 is 0 Å². The van der Waals surface area contributed by atoms with E-state index >= 15 is 0 Å². The van der Waals surface area contributed by atoms with Gasteiger partial charge in [0.05, 0.1) is 45.1 Å². The molecule has 9 aromatic rings. The highest BCUT2D eigenvalue weighted by Crippen LogP contribution is 2.44. The number of aromatic nitrogens is 2. The van der Waals surface area contributed by atoms with Gasteiger partial charge in [-0.25, -0.2) is 0 Å². The van der Waals surface area contributed by atoms with Crippen molar-refractivity contribution in [2.75, 3.05) is 0 Å². The smallest absolute Gasteiger partial charge is 0.0991 e. The molecule has 0 amide bonds. The van der Waals surface area contributed by atoms with Gasteiger partial charge in [0.2, 0.25) is 0 Å². The van der Waals surface area contributed by atoms with Crippen LogP contribution >= 0.6 is 0 Å². The Hall–Kier alpha value is -6.37. The van der Waals surface area contributed by atoms with Crippen LogP contribution in [-0.2, 0) is 0 Å². The molecular formula is C43H27N3. The van der Waals surface area contributed by atoms with Gasteiger partial charge in [0.15, 0.2) is 0 Å². The topological polar surface area (TPSA) is 33.6 Å². The summed E-state index contributed by atoms with van der Waals surface area (Å²) in [6, 6.07) is 60.3. The zero-order valence-corrected chi connectivity index (χ0v) is 24.9. The van der Waals surface area contributed by atoms with E-state index in [9.17, 15) is 5.26 Å². The van der Waals surface area contributed by atoms with Gasteiger partial charge in [-0.1, -0.05) is 121 Å². The lowest BCUT2D eigenvalue weighted by atomic mass is 9.94. The molecule has 0 aliphatic carbocycles. The van der Waals surface area contributed by atoms with Crippen LogP contribution in [0.5, 0.6) is 0 Å². The molecule has 46 heavy (non-hydrogen) atoms. The number of rotatable bonds is 4.